The van der Waals surface area contributed by atoms with E-state index in [-0.39, 0.29) is 10.8 Å². The monoisotopic (exact) mass is 437 g/mol. The summed E-state index contributed by atoms with van der Waals surface area (Å²) in [7, 11) is 0. The van der Waals surface area contributed by atoms with Gasteiger partial charge in [0.15, 0.2) is 0 Å². The van der Waals surface area contributed by atoms with Crippen molar-refractivity contribution in [2.45, 2.75) is 58.8 Å². The first kappa shape index (κ1) is 19.3. The fourth-order valence-corrected chi connectivity index (χ4v) is 8.58. The normalized spacial score (nSPS) is 37.1. The lowest BCUT2D eigenvalue weighted by molar-refractivity contribution is -0.131. The zero-order chi connectivity index (χ0) is 20.7. The van der Waals surface area contributed by atoms with Crippen LogP contribution >= 0.6 is 22.9 Å². The second-order valence-electron chi connectivity index (χ2n) is 10.4. The summed E-state index contributed by atoms with van der Waals surface area (Å²) in [4.78, 5) is 19.3. The molecule has 156 valence electrons. The van der Waals surface area contributed by atoms with Crippen LogP contribution in [0.3, 0.4) is 0 Å². The molecule has 5 atom stereocenters. The summed E-state index contributed by atoms with van der Waals surface area (Å²) in [5.41, 5.74) is 4.06. The van der Waals surface area contributed by atoms with Crippen molar-refractivity contribution >= 4 is 34.3 Å². The molecule has 4 heteroatoms. The summed E-state index contributed by atoms with van der Waals surface area (Å²) in [6.45, 7) is 4.77. The number of fused-ring (bicyclic) bond motifs is 7. The number of ketones is 1. The quantitative estimate of drug-likeness (QED) is 0.471. The lowest BCUT2D eigenvalue weighted by Crippen LogP contribution is -2.49. The van der Waals surface area contributed by atoms with E-state index >= 15 is 0 Å². The molecule has 6 rings (SSSR count). The molecular formula is C26H28ClNOS. The van der Waals surface area contributed by atoms with Crippen LogP contribution in [0.4, 0.5) is 0 Å². The number of aromatic nitrogens is 1. The molecule has 4 aliphatic rings. The molecule has 1 aromatic carbocycles. The van der Waals surface area contributed by atoms with E-state index in [2.05, 4.69) is 32.1 Å². The average Bonchev–Trinajstić information content (AvgIpc) is 3.29. The molecule has 1 heterocycles. The zero-order valence-corrected chi connectivity index (χ0v) is 19.3. The Morgan fingerprint density at radius 2 is 1.80 bits per heavy atom. The topological polar surface area (TPSA) is 30.0 Å². The zero-order valence-electron chi connectivity index (χ0n) is 17.7. The Balaban J connectivity index is 1.39. The van der Waals surface area contributed by atoms with Gasteiger partial charge in [-0.3, -0.25) is 4.79 Å². The van der Waals surface area contributed by atoms with Crippen LogP contribution in [0.1, 0.15) is 62.9 Å². The maximum absolute atomic E-state index is 12.7. The van der Waals surface area contributed by atoms with Gasteiger partial charge in [-0.15, -0.1) is 11.3 Å². The highest BCUT2D eigenvalue weighted by molar-refractivity contribution is 7.15. The van der Waals surface area contributed by atoms with Crippen LogP contribution in [0.2, 0.25) is 5.02 Å². The van der Waals surface area contributed by atoms with E-state index in [0.29, 0.717) is 23.5 Å². The molecule has 0 N–H and O–H groups in total. The van der Waals surface area contributed by atoms with Gasteiger partial charge in [0.05, 0.1) is 5.69 Å². The lowest BCUT2D eigenvalue weighted by Gasteiger charge is -2.55. The predicted octanol–water partition coefficient (Wildman–Crippen LogP) is 7.21. The molecule has 1 aromatic heterocycles. The molecule has 0 radical (unpaired) electrons. The first-order valence-corrected chi connectivity index (χ1v) is 12.6. The Labute approximate surface area is 187 Å². The van der Waals surface area contributed by atoms with Gasteiger partial charge < -0.3 is 0 Å². The molecule has 2 saturated carbocycles. The third-order valence-electron chi connectivity index (χ3n) is 9.09. The number of halogens is 1. The number of aryl methyl sites for hydroxylation is 1. The minimum Gasteiger partial charge on any atom is -0.299 e. The lowest BCUT2D eigenvalue weighted by atomic mass is 9.48. The van der Waals surface area contributed by atoms with Crippen LogP contribution in [0.25, 0.3) is 16.1 Å². The van der Waals surface area contributed by atoms with Crippen LogP contribution in [-0.2, 0) is 11.2 Å². The average molecular weight is 438 g/mol. The number of benzene rings is 1. The number of allylic oxidation sites excluding steroid dienone is 2. The minimum absolute atomic E-state index is 0.0505. The van der Waals surface area contributed by atoms with Crippen molar-refractivity contribution in [3.8, 4) is 10.6 Å². The van der Waals surface area contributed by atoms with Gasteiger partial charge >= 0.3 is 0 Å². The van der Waals surface area contributed by atoms with Crippen molar-refractivity contribution in [2.24, 2.45) is 28.6 Å². The van der Waals surface area contributed by atoms with Gasteiger partial charge in [0.2, 0.25) is 0 Å². The van der Waals surface area contributed by atoms with Crippen molar-refractivity contribution in [1.29, 1.82) is 0 Å². The van der Waals surface area contributed by atoms with Gasteiger partial charge in [0, 0.05) is 27.3 Å². The number of Topliss-reactive ketones (excluding diaryl/α,β-unsaturated/α-hetero) is 1. The summed E-state index contributed by atoms with van der Waals surface area (Å²) in [5, 5.41) is 1.88. The van der Waals surface area contributed by atoms with E-state index in [1.807, 2.05) is 23.5 Å². The van der Waals surface area contributed by atoms with Crippen molar-refractivity contribution in [3.63, 3.8) is 0 Å². The molecule has 2 nitrogen and oxygen atoms in total. The molecule has 0 aliphatic heterocycles. The Morgan fingerprint density at radius 3 is 2.60 bits per heavy atom. The molecule has 0 saturated heterocycles. The number of nitrogens with zero attached hydrogens (tertiary/aromatic N) is 1. The number of carbonyl (C=O) groups is 1. The van der Waals surface area contributed by atoms with E-state index in [4.69, 9.17) is 16.6 Å². The Bertz CT molecular complexity index is 1070. The molecule has 0 unspecified atom stereocenters. The van der Waals surface area contributed by atoms with E-state index in [1.54, 1.807) is 0 Å². The van der Waals surface area contributed by atoms with Crippen LogP contribution < -0.4 is 0 Å². The number of hydrogen-bond acceptors (Lipinski definition) is 3. The van der Waals surface area contributed by atoms with Crippen LogP contribution in [0.5, 0.6) is 0 Å². The second kappa shape index (κ2) is 6.53. The molecular weight excluding hydrogens is 410 g/mol. The van der Waals surface area contributed by atoms with Gasteiger partial charge in [0.1, 0.15) is 10.8 Å². The fraction of sp³-hybridized carbons (Fsp3) is 0.538. The minimum atomic E-state index is -0.0505. The SMILES string of the molecule is C[C@]12CCc3sc(-c4ccc(Cl)cc4)nc3C1=CC[C@@H]1[C@@H]2CC[C@]2(C)C(=O)CC[C@@H]12. The van der Waals surface area contributed by atoms with Crippen molar-refractivity contribution in [1.82, 2.24) is 4.98 Å². The molecule has 30 heavy (non-hydrogen) atoms. The molecule has 0 bridgehead atoms. The van der Waals surface area contributed by atoms with Gasteiger partial charge in [-0.05, 0) is 79.4 Å². The highest BCUT2D eigenvalue weighted by atomic mass is 35.5. The van der Waals surface area contributed by atoms with Crippen molar-refractivity contribution < 1.29 is 4.79 Å². The fourth-order valence-electron chi connectivity index (χ4n) is 7.37. The summed E-state index contributed by atoms with van der Waals surface area (Å²) in [5.74, 6) is 2.47. The van der Waals surface area contributed by atoms with Gasteiger partial charge in [-0.25, -0.2) is 4.98 Å². The van der Waals surface area contributed by atoms with E-state index in [9.17, 15) is 4.79 Å². The third-order valence-corrected chi connectivity index (χ3v) is 10.5. The van der Waals surface area contributed by atoms with Crippen LogP contribution in [0.15, 0.2) is 30.3 Å². The number of carbonyl (C=O) groups excluding carboxylic acids is 1. The first-order valence-electron chi connectivity index (χ1n) is 11.4. The Morgan fingerprint density at radius 1 is 1.03 bits per heavy atom. The van der Waals surface area contributed by atoms with E-state index < -0.39 is 0 Å². The summed E-state index contributed by atoms with van der Waals surface area (Å²) in [6.07, 6.45) is 10.2. The highest BCUT2D eigenvalue weighted by Crippen LogP contribution is 2.65. The summed E-state index contributed by atoms with van der Waals surface area (Å²) < 4.78 is 0. The van der Waals surface area contributed by atoms with E-state index in [1.165, 1.54) is 29.0 Å². The molecule has 4 aliphatic carbocycles. The Hall–Kier alpha value is -1.45. The summed E-state index contributed by atoms with van der Waals surface area (Å²) >= 11 is 7.94. The van der Waals surface area contributed by atoms with Gasteiger partial charge in [0.25, 0.3) is 0 Å². The molecule has 0 spiro atoms. The smallest absolute Gasteiger partial charge is 0.139 e. The predicted molar refractivity (Wildman–Crippen MR) is 124 cm³/mol. The second-order valence-corrected chi connectivity index (χ2v) is 11.9. The van der Waals surface area contributed by atoms with Gasteiger partial charge in [-0.1, -0.05) is 43.7 Å². The molecule has 2 aromatic rings. The van der Waals surface area contributed by atoms with Crippen LogP contribution in [0, 0.1) is 28.6 Å². The highest BCUT2D eigenvalue weighted by Gasteiger charge is 2.58. The first-order chi connectivity index (χ1) is 14.4. The number of rotatable bonds is 1. The third kappa shape index (κ3) is 2.54. The molecule has 0 amide bonds. The number of hydrogen-bond donors (Lipinski definition) is 0. The van der Waals surface area contributed by atoms with E-state index in [0.717, 1.165) is 47.7 Å². The maximum atomic E-state index is 12.7. The summed E-state index contributed by atoms with van der Waals surface area (Å²) in [6, 6.07) is 8.06. The van der Waals surface area contributed by atoms with Crippen LogP contribution in [-0.4, -0.2) is 10.8 Å². The molecule has 2 fully saturated rings. The largest absolute Gasteiger partial charge is 0.299 e. The Kier molecular flexibility index (Phi) is 4.19. The van der Waals surface area contributed by atoms with Gasteiger partial charge in [-0.2, -0.15) is 0 Å². The van der Waals surface area contributed by atoms with Crippen molar-refractivity contribution in [3.05, 3.63) is 45.9 Å². The number of thiazole rings is 1. The van der Waals surface area contributed by atoms with Crippen molar-refractivity contribution in [2.75, 3.05) is 0 Å². The standard InChI is InChI=1S/C26H28ClNOS/c1-25-14-12-21-23(28-24(30-21)15-3-5-16(27)6-4-15)20(25)8-7-17-18-9-10-22(29)26(18,2)13-11-19(17)25/h3-6,8,17-19H,7,9-14H2,1-2H3/t17-,18-,19-,25+,26-/m0/s1. The maximum Gasteiger partial charge on any atom is 0.139 e.